The Morgan fingerprint density at radius 3 is 2.42 bits per heavy atom. The molecule has 0 unspecified atom stereocenters. The van der Waals surface area contributed by atoms with Crippen LogP contribution in [0.2, 0.25) is 0 Å². The third kappa shape index (κ3) is 5.05. The summed E-state index contributed by atoms with van der Waals surface area (Å²) in [5, 5.41) is 6.74. The second-order valence-electron chi connectivity index (χ2n) is 5.83. The van der Waals surface area contributed by atoms with Gasteiger partial charge in [-0.25, -0.2) is 5.43 Å². The smallest absolute Gasteiger partial charge is 0.271 e. The van der Waals surface area contributed by atoms with Crippen LogP contribution in [0.5, 0.6) is 0 Å². The summed E-state index contributed by atoms with van der Waals surface area (Å²) in [6.45, 7) is 5.64. The lowest BCUT2D eigenvalue weighted by molar-refractivity contribution is -0.118. The van der Waals surface area contributed by atoms with Crippen LogP contribution in [0, 0.1) is 12.8 Å². The molecule has 2 amide bonds. The summed E-state index contributed by atoms with van der Waals surface area (Å²) in [5.41, 5.74) is 5.67. The standard InChI is InChI=1S/C19H21N3O2/c1-13(2)18(23)21-17-9-7-16(8-10-17)19(24)22-20-12-15-6-4-5-14(3)11-15/h4-13H,1-3H3,(H,21,23)(H,22,24)/b20-12+. The van der Waals surface area contributed by atoms with Gasteiger partial charge >= 0.3 is 0 Å². The zero-order valence-corrected chi connectivity index (χ0v) is 14.0. The van der Waals surface area contributed by atoms with Gasteiger partial charge in [0, 0.05) is 17.2 Å². The molecular formula is C19H21N3O2. The van der Waals surface area contributed by atoms with Crippen LogP contribution < -0.4 is 10.7 Å². The number of nitrogens with zero attached hydrogens (tertiary/aromatic N) is 1. The summed E-state index contributed by atoms with van der Waals surface area (Å²) >= 11 is 0. The Morgan fingerprint density at radius 1 is 1.08 bits per heavy atom. The van der Waals surface area contributed by atoms with Crippen LogP contribution in [0.4, 0.5) is 5.69 Å². The molecule has 0 spiro atoms. The van der Waals surface area contributed by atoms with Gasteiger partial charge in [0.05, 0.1) is 6.21 Å². The number of aryl methyl sites for hydroxylation is 1. The van der Waals surface area contributed by atoms with Crippen LogP contribution in [0.3, 0.4) is 0 Å². The Kier molecular flexibility index (Phi) is 5.84. The first-order valence-corrected chi connectivity index (χ1v) is 7.76. The molecule has 5 nitrogen and oxygen atoms in total. The fraction of sp³-hybridized carbons (Fsp3) is 0.211. The van der Waals surface area contributed by atoms with Crippen LogP contribution in [-0.4, -0.2) is 18.0 Å². The van der Waals surface area contributed by atoms with Gasteiger partial charge in [-0.3, -0.25) is 9.59 Å². The molecule has 2 N–H and O–H groups in total. The highest BCUT2D eigenvalue weighted by Crippen LogP contribution is 2.11. The van der Waals surface area contributed by atoms with Gasteiger partial charge in [0.25, 0.3) is 5.91 Å². The maximum Gasteiger partial charge on any atom is 0.271 e. The maximum atomic E-state index is 12.0. The minimum Gasteiger partial charge on any atom is -0.326 e. The molecule has 0 aliphatic heterocycles. The molecule has 0 atom stereocenters. The van der Waals surface area contributed by atoms with E-state index in [2.05, 4.69) is 15.8 Å². The third-order valence-electron chi connectivity index (χ3n) is 3.36. The highest BCUT2D eigenvalue weighted by Gasteiger charge is 2.08. The maximum absolute atomic E-state index is 12.0. The minimum absolute atomic E-state index is 0.0602. The van der Waals surface area contributed by atoms with Crippen LogP contribution in [0.25, 0.3) is 0 Å². The molecule has 0 aromatic heterocycles. The fourth-order valence-corrected chi connectivity index (χ4v) is 1.97. The number of rotatable bonds is 5. The first-order chi connectivity index (χ1) is 11.5. The predicted octanol–water partition coefficient (Wildman–Crippen LogP) is 3.35. The van der Waals surface area contributed by atoms with Crippen LogP contribution in [0.15, 0.2) is 53.6 Å². The summed E-state index contributed by atoms with van der Waals surface area (Å²) < 4.78 is 0. The second-order valence-corrected chi connectivity index (χ2v) is 5.83. The first kappa shape index (κ1) is 17.4. The van der Waals surface area contributed by atoms with Crippen LogP contribution >= 0.6 is 0 Å². The van der Waals surface area contributed by atoms with Crippen molar-refractivity contribution in [2.24, 2.45) is 11.0 Å². The van der Waals surface area contributed by atoms with E-state index < -0.39 is 0 Å². The number of hydrazone groups is 1. The van der Waals surface area contributed by atoms with Gasteiger partial charge in [-0.1, -0.05) is 43.7 Å². The van der Waals surface area contributed by atoms with Crippen molar-refractivity contribution in [1.29, 1.82) is 0 Å². The molecule has 0 heterocycles. The summed E-state index contributed by atoms with van der Waals surface area (Å²) in [4.78, 5) is 23.7. The van der Waals surface area contributed by atoms with Crippen molar-refractivity contribution in [2.75, 3.05) is 5.32 Å². The van der Waals surface area contributed by atoms with E-state index in [9.17, 15) is 9.59 Å². The van der Waals surface area contributed by atoms with Crippen molar-refractivity contribution in [3.8, 4) is 0 Å². The van der Waals surface area contributed by atoms with Crippen molar-refractivity contribution in [2.45, 2.75) is 20.8 Å². The molecular weight excluding hydrogens is 302 g/mol. The highest BCUT2D eigenvalue weighted by molar-refractivity contribution is 5.96. The summed E-state index contributed by atoms with van der Waals surface area (Å²) in [6.07, 6.45) is 1.60. The topological polar surface area (TPSA) is 70.6 Å². The number of amides is 2. The van der Waals surface area contributed by atoms with E-state index in [-0.39, 0.29) is 17.7 Å². The van der Waals surface area contributed by atoms with Crippen molar-refractivity contribution in [3.63, 3.8) is 0 Å². The van der Waals surface area contributed by atoms with E-state index in [4.69, 9.17) is 0 Å². The molecule has 0 saturated carbocycles. The average molecular weight is 323 g/mol. The van der Waals surface area contributed by atoms with E-state index in [1.807, 2.05) is 45.0 Å². The molecule has 0 aliphatic carbocycles. The van der Waals surface area contributed by atoms with E-state index in [0.717, 1.165) is 11.1 Å². The van der Waals surface area contributed by atoms with E-state index in [1.54, 1.807) is 30.5 Å². The Morgan fingerprint density at radius 2 is 1.79 bits per heavy atom. The molecule has 0 aliphatic rings. The second kappa shape index (κ2) is 8.06. The van der Waals surface area contributed by atoms with Gasteiger partial charge in [0.2, 0.25) is 5.91 Å². The number of nitrogens with one attached hydrogen (secondary N) is 2. The quantitative estimate of drug-likeness (QED) is 0.654. The predicted molar refractivity (Wildman–Crippen MR) is 96.1 cm³/mol. The summed E-state index contributed by atoms with van der Waals surface area (Å²) in [7, 11) is 0. The summed E-state index contributed by atoms with van der Waals surface area (Å²) in [6, 6.07) is 14.5. The largest absolute Gasteiger partial charge is 0.326 e. The molecule has 24 heavy (non-hydrogen) atoms. The average Bonchev–Trinajstić information content (AvgIpc) is 2.55. The lowest BCUT2D eigenvalue weighted by atomic mass is 10.1. The number of carbonyl (C=O) groups excluding carboxylic acids is 2. The first-order valence-electron chi connectivity index (χ1n) is 7.76. The summed E-state index contributed by atoms with van der Waals surface area (Å²) in [5.74, 6) is -0.459. The molecule has 0 fully saturated rings. The Balaban J connectivity index is 1.94. The van der Waals surface area contributed by atoms with E-state index in [0.29, 0.717) is 11.3 Å². The van der Waals surface area contributed by atoms with Gasteiger partial charge < -0.3 is 5.32 Å². The zero-order chi connectivity index (χ0) is 17.5. The van der Waals surface area contributed by atoms with Crippen LogP contribution in [0.1, 0.15) is 35.3 Å². The Labute approximate surface area is 141 Å². The van der Waals surface area contributed by atoms with Crippen molar-refractivity contribution in [1.82, 2.24) is 5.43 Å². The molecule has 0 saturated heterocycles. The number of carbonyl (C=O) groups is 2. The monoisotopic (exact) mass is 323 g/mol. The van der Waals surface area contributed by atoms with Crippen LogP contribution in [-0.2, 0) is 4.79 Å². The van der Waals surface area contributed by atoms with Crippen molar-refractivity contribution >= 4 is 23.7 Å². The van der Waals surface area contributed by atoms with E-state index in [1.165, 1.54) is 0 Å². The van der Waals surface area contributed by atoms with Gasteiger partial charge in [0.1, 0.15) is 0 Å². The molecule has 2 aromatic carbocycles. The molecule has 2 aromatic rings. The molecule has 2 rings (SSSR count). The van der Waals surface area contributed by atoms with Gasteiger partial charge in [-0.05, 0) is 36.8 Å². The van der Waals surface area contributed by atoms with Gasteiger partial charge in [-0.2, -0.15) is 5.10 Å². The number of hydrogen-bond acceptors (Lipinski definition) is 3. The molecule has 5 heteroatoms. The zero-order valence-electron chi connectivity index (χ0n) is 14.0. The van der Waals surface area contributed by atoms with Crippen molar-refractivity contribution in [3.05, 3.63) is 65.2 Å². The number of hydrogen-bond donors (Lipinski definition) is 2. The van der Waals surface area contributed by atoms with E-state index >= 15 is 0 Å². The third-order valence-corrected chi connectivity index (χ3v) is 3.36. The van der Waals surface area contributed by atoms with Crippen molar-refractivity contribution < 1.29 is 9.59 Å². The highest BCUT2D eigenvalue weighted by atomic mass is 16.2. The Bertz CT molecular complexity index is 749. The SMILES string of the molecule is Cc1cccc(/C=N/NC(=O)c2ccc(NC(=O)C(C)C)cc2)c1. The minimum atomic E-state index is -0.305. The lowest BCUT2D eigenvalue weighted by Gasteiger charge is -2.08. The Hall–Kier alpha value is -2.95. The molecule has 0 bridgehead atoms. The molecule has 0 radical (unpaired) electrons. The van der Waals surface area contributed by atoms with Gasteiger partial charge in [0.15, 0.2) is 0 Å². The molecule has 124 valence electrons. The number of anilines is 1. The number of benzene rings is 2. The van der Waals surface area contributed by atoms with Gasteiger partial charge in [-0.15, -0.1) is 0 Å². The normalized spacial score (nSPS) is 10.8. The lowest BCUT2D eigenvalue weighted by Crippen LogP contribution is -2.19. The fourth-order valence-electron chi connectivity index (χ4n) is 1.97.